The fourth-order valence-electron chi connectivity index (χ4n) is 3.54. The third-order valence-corrected chi connectivity index (χ3v) is 5.07. The second-order valence-electron chi connectivity index (χ2n) is 7.04. The van der Waals surface area contributed by atoms with Crippen LogP contribution < -0.4 is 24.5 Å². The van der Waals surface area contributed by atoms with Gasteiger partial charge in [-0.1, -0.05) is 18.2 Å². The van der Waals surface area contributed by atoms with Crippen molar-refractivity contribution in [3.63, 3.8) is 0 Å². The second kappa shape index (κ2) is 10.6. The van der Waals surface area contributed by atoms with Crippen molar-refractivity contribution in [2.75, 3.05) is 32.8 Å². The van der Waals surface area contributed by atoms with E-state index in [-0.39, 0.29) is 35.8 Å². The standard InChI is InChI=1S/C23H25N3O8/c1-5-34-23(30)24-26(16-13-19(27)25(22(16)29)15-9-7-6-8-10-15)21(28)14-11-17(31-2)20(33-4)18(12-14)32-3/h6-12,16H,5,13H2,1-4H3,(H,24,30). The first-order valence-corrected chi connectivity index (χ1v) is 10.3. The van der Waals surface area contributed by atoms with E-state index in [0.717, 1.165) is 9.91 Å². The molecule has 1 aliphatic heterocycles. The fraction of sp³-hybridized carbons (Fsp3) is 0.304. The van der Waals surface area contributed by atoms with E-state index in [4.69, 9.17) is 18.9 Å². The molecule has 1 saturated heterocycles. The predicted molar refractivity (Wildman–Crippen MR) is 120 cm³/mol. The molecule has 1 atom stereocenters. The van der Waals surface area contributed by atoms with Crippen LogP contribution in [0.1, 0.15) is 23.7 Å². The Morgan fingerprint density at radius 1 is 1.03 bits per heavy atom. The second-order valence-corrected chi connectivity index (χ2v) is 7.04. The molecule has 2 aromatic rings. The predicted octanol–water partition coefficient (Wildman–Crippen LogP) is 2.15. The number of benzene rings is 2. The zero-order chi connectivity index (χ0) is 24.8. The number of carbonyl (C=O) groups excluding carboxylic acids is 4. The Bertz CT molecular complexity index is 1060. The number of carbonyl (C=O) groups is 4. The molecular formula is C23H25N3O8. The Morgan fingerprint density at radius 2 is 1.65 bits per heavy atom. The highest BCUT2D eigenvalue weighted by Crippen LogP contribution is 2.38. The number of imide groups is 1. The van der Waals surface area contributed by atoms with Gasteiger partial charge in [-0.2, -0.15) is 0 Å². The molecule has 0 aromatic heterocycles. The summed E-state index contributed by atoms with van der Waals surface area (Å²) in [6.45, 7) is 1.62. The number of ether oxygens (including phenoxy) is 4. The van der Waals surface area contributed by atoms with E-state index in [1.165, 1.54) is 33.5 Å². The van der Waals surface area contributed by atoms with Gasteiger partial charge in [0.1, 0.15) is 6.04 Å². The zero-order valence-electron chi connectivity index (χ0n) is 19.2. The quantitative estimate of drug-likeness (QED) is 0.481. The first-order chi connectivity index (χ1) is 16.4. The van der Waals surface area contributed by atoms with E-state index in [1.54, 1.807) is 37.3 Å². The highest BCUT2D eigenvalue weighted by atomic mass is 16.6. The van der Waals surface area contributed by atoms with Crippen LogP contribution in [0, 0.1) is 0 Å². The third-order valence-electron chi connectivity index (χ3n) is 5.07. The van der Waals surface area contributed by atoms with E-state index >= 15 is 0 Å². The zero-order valence-corrected chi connectivity index (χ0v) is 19.2. The fourth-order valence-corrected chi connectivity index (χ4v) is 3.54. The number of para-hydroxylation sites is 1. The topological polar surface area (TPSA) is 124 Å². The highest BCUT2D eigenvalue weighted by Gasteiger charge is 2.45. The molecule has 180 valence electrons. The summed E-state index contributed by atoms with van der Waals surface area (Å²) in [5.74, 6) is -1.33. The Morgan fingerprint density at radius 3 is 2.18 bits per heavy atom. The van der Waals surface area contributed by atoms with Crippen molar-refractivity contribution in [3.8, 4) is 17.2 Å². The summed E-state index contributed by atoms with van der Waals surface area (Å²) in [5, 5.41) is 0.794. The Hall–Kier alpha value is -4.28. The minimum absolute atomic E-state index is 0.0182. The number of hydrazine groups is 1. The lowest BCUT2D eigenvalue weighted by Crippen LogP contribution is -2.54. The largest absolute Gasteiger partial charge is 0.493 e. The Labute approximate surface area is 196 Å². The van der Waals surface area contributed by atoms with E-state index in [1.807, 2.05) is 0 Å². The van der Waals surface area contributed by atoms with E-state index in [2.05, 4.69) is 5.43 Å². The first kappa shape index (κ1) is 24.4. The molecule has 0 saturated carbocycles. The molecule has 1 aliphatic rings. The normalized spacial score (nSPS) is 15.1. The maximum atomic E-state index is 13.5. The summed E-state index contributed by atoms with van der Waals surface area (Å²) in [7, 11) is 4.19. The lowest BCUT2D eigenvalue weighted by Gasteiger charge is -2.27. The number of nitrogens with one attached hydrogen (secondary N) is 1. The summed E-state index contributed by atoms with van der Waals surface area (Å²) < 4.78 is 20.7. The summed E-state index contributed by atoms with van der Waals surface area (Å²) in [6, 6.07) is 9.75. The maximum absolute atomic E-state index is 13.5. The molecule has 2 aromatic carbocycles. The van der Waals surface area contributed by atoms with Crippen molar-refractivity contribution in [2.24, 2.45) is 0 Å². The van der Waals surface area contributed by atoms with Gasteiger partial charge in [0.15, 0.2) is 11.5 Å². The molecule has 0 radical (unpaired) electrons. The van der Waals surface area contributed by atoms with Crippen LogP contribution in [0.2, 0.25) is 0 Å². The number of amides is 4. The van der Waals surface area contributed by atoms with Gasteiger partial charge < -0.3 is 18.9 Å². The van der Waals surface area contributed by atoms with Crippen LogP contribution in [-0.2, 0) is 14.3 Å². The lowest BCUT2D eigenvalue weighted by atomic mass is 10.1. The minimum Gasteiger partial charge on any atom is -0.493 e. The van der Waals surface area contributed by atoms with Crippen molar-refractivity contribution in [3.05, 3.63) is 48.0 Å². The van der Waals surface area contributed by atoms with Gasteiger partial charge in [-0.25, -0.2) is 20.1 Å². The van der Waals surface area contributed by atoms with E-state index in [0.29, 0.717) is 5.69 Å². The van der Waals surface area contributed by atoms with Crippen LogP contribution in [0.15, 0.2) is 42.5 Å². The van der Waals surface area contributed by atoms with Crippen LogP contribution in [0.3, 0.4) is 0 Å². The lowest BCUT2D eigenvalue weighted by molar-refractivity contribution is -0.122. The average Bonchev–Trinajstić information content (AvgIpc) is 3.15. The SMILES string of the molecule is CCOC(=O)NN(C(=O)c1cc(OC)c(OC)c(OC)c1)C1CC(=O)N(c2ccccc2)C1=O. The van der Waals surface area contributed by atoms with Crippen LogP contribution in [0.25, 0.3) is 0 Å². The van der Waals surface area contributed by atoms with Crippen molar-refractivity contribution in [1.82, 2.24) is 10.4 Å². The Kier molecular flexibility index (Phi) is 7.57. The monoisotopic (exact) mass is 471 g/mol. The molecular weight excluding hydrogens is 446 g/mol. The molecule has 11 nitrogen and oxygen atoms in total. The molecule has 1 unspecified atom stereocenters. The maximum Gasteiger partial charge on any atom is 0.426 e. The highest BCUT2D eigenvalue weighted by molar-refractivity contribution is 6.23. The summed E-state index contributed by atoms with van der Waals surface area (Å²) in [4.78, 5) is 52.7. The molecule has 3 rings (SSSR count). The molecule has 11 heteroatoms. The van der Waals surface area contributed by atoms with Crippen LogP contribution in [0.4, 0.5) is 10.5 Å². The van der Waals surface area contributed by atoms with Crippen molar-refractivity contribution in [1.29, 1.82) is 0 Å². The van der Waals surface area contributed by atoms with Crippen LogP contribution >= 0.6 is 0 Å². The van der Waals surface area contributed by atoms with Crippen molar-refractivity contribution < 1.29 is 38.1 Å². The minimum atomic E-state index is -1.30. The van der Waals surface area contributed by atoms with Crippen LogP contribution in [-0.4, -0.2) is 62.8 Å². The van der Waals surface area contributed by atoms with Gasteiger partial charge in [-0.3, -0.25) is 14.4 Å². The number of methoxy groups -OCH3 is 3. The van der Waals surface area contributed by atoms with Crippen molar-refractivity contribution in [2.45, 2.75) is 19.4 Å². The van der Waals surface area contributed by atoms with Gasteiger partial charge in [0.2, 0.25) is 11.7 Å². The number of nitrogens with zero attached hydrogens (tertiary/aromatic N) is 2. The number of hydrogen-bond acceptors (Lipinski definition) is 8. The molecule has 0 bridgehead atoms. The summed E-state index contributed by atoms with van der Waals surface area (Å²) in [6.07, 6.45) is -1.29. The average molecular weight is 471 g/mol. The van der Waals surface area contributed by atoms with Gasteiger partial charge in [0, 0.05) is 5.56 Å². The first-order valence-electron chi connectivity index (χ1n) is 10.3. The smallest absolute Gasteiger partial charge is 0.426 e. The third kappa shape index (κ3) is 4.72. The molecule has 34 heavy (non-hydrogen) atoms. The van der Waals surface area contributed by atoms with Gasteiger partial charge in [-0.15, -0.1) is 0 Å². The van der Waals surface area contributed by atoms with Gasteiger partial charge in [0.25, 0.3) is 11.8 Å². The summed E-state index contributed by atoms with van der Waals surface area (Å²) in [5.41, 5.74) is 2.67. The Balaban J connectivity index is 2.02. The van der Waals surface area contributed by atoms with E-state index in [9.17, 15) is 19.2 Å². The molecule has 0 spiro atoms. The molecule has 0 aliphatic carbocycles. The van der Waals surface area contributed by atoms with Gasteiger partial charge in [0.05, 0.1) is 40.0 Å². The van der Waals surface area contributed by atoms with Gasteiger partial charge in [-0.05, 0) is 31.2 Å². The number of rotatable bonds is 7. The molecule has 1 heterocycles. The van der Waals surface area contributed by atoms with E-state index < -0.39 is 29.9 Å². The van der Waals surface area contributed by atoms with Crippen LogP contribution in [0.5, 0.6) is 17.2 Å². The summed E-state index contributed by atoms with van der Waals surface area (Å²) >= 11 is 0. The number of anilines is 1. The number of hydrogen-bond donors (Lipinski definition) is 1. The molecule has 1 N–H and O–H groups in total. The molecule has 4 amide bonds. The van der Waals surface area contributed by atoms with Crippen molar-refractivity contribution >= 4 is 29.5 Å². The molecule has 1 fully saturated rings. The van der Waals surface area contributed by atoms with Gasteiger partial charge >= 0.3 is 6.09 Å².